The van der Waals surface area contributed by atoms with Gasteiger partial charge in [-0.15, -0.1) is 0 Å². The third-order valence-corrected chi connectivity index (χ3v) is 8.19. The zero-order chi connectivity index (χ0) is 24.3. The molecule has 2 heterocycles. The molecule has 1 amide bonds. The number of hydrogen-bond acceptors (Lipinski definition) is 6. The van der Waals surface area contributed by atoms with Gasteiger partial charge >= 0.3 is 0 Å². The minimum absolute atomic E-state index is 0.0299. The highest BCUT2D eigenvalue weighted by atomic mass is 32.2. The summed E-state index contributed by atoms with van der Waals surface area (Å²) in [4.78, 5) is 25.3. The summed E-state index contributed by atoms with van der Waals surface area (Å²) in [5.74, 6) is -1.58. The maximum atomic E-state index is 14.2. The first-order valence-electron chi connectivity index (χ1n) is 11.4. The summed E-state index contributed by atoms with van der Waals surface area (Å²) in [7, 11) is -3.85. The van der Waals surface area contributed by atoms with Gasteiger partial charge in [0, 0.05) is 43.9 Å². The number of anilines is 2. The Kier molecular flexibility index (Phi) is 7.13. The van der Waals surface area contributed by atoms with Crippen LogP contribution >= 0.6 is 0 Å². The number of carbonyl (C=O) groups excluding carboxylic acids is 1. The van der Waals surface area contributed by atoms with E-state index in [9.17, 15) is 27.7 Å². The molecular weight excluding hydrogens is 463 g/mol. The average molecular weight is 491 g/mol. The molecular formula is C23H27FN4O5S. The minimum Gasteiger partial charge on any atom is -0.370 e. The van der Waals surface area contributed by atoms with Gasteiger partial charge in [0.05, 0.1) is 16.3 Å². The van der Waals surface area contributed by atoms with E-state index in [1.165, 1.54) is 16.4 Å². The van der Waals surface area contributed by atoms with Crippen LogP contribution in [0.4, 0.5) is 21.5 Å². The molecule has 0 unspecified atom stereocenters. The summed E-state index contributed by atoms with van der Waals surface area (Å²) in [6, 6.07) is 7.30. The Hall–Kier alpha value is -3.05. The number of carbonyl (C=O) groups is 1. The number of nitro groups is 1. The Morgan fingerprint density at radius 2 is 1.59 bits per heavy atom. The van der Waals surface area contributed by atoms with Crippen LogP contribution in [0, 0.1) is 15.9 Å². The third-order valence-electron chi connectivity index (χ3n) is 6.26. The van der Waals surface area contributed by atoms with E-state index < -0.39 is 26.7 Å². The molecule has 2 aliphatic rings. The molecule has 0 atom stereocenters. The first kappa shape index (κ1) is 24.1. The Morgan fingerprint density at radius 1 is 0.941 bits per heavy atom. The molecule has 34 heavy (non-hydrogen) atoms. The van der Waals surface area contributed by atoms with Gasteiger partial charge in [0.25, 0.3) is 11.6 Å². The van der Waals surface area contributed by atoms with Crippen molar-refractivity contribution in [2.45, 2.75) is 43.4 Å². The van der Waals surface area contributed by atoms with Crippen LogP contribution in [0.15, 0.2) is 41.3 Å². The van der Waals surface area contributed by atoms with Crippen LogP contribution in [-0.2, 0) is 10.0 Å². The molecule has 1 N–H and O–H groups in total. The first-order valence-corrected chi connectivity index (χ1v) is 12.9. The molecule has 0 aromatic heterocycles. The fourth-order valence-electron chi connectivity index (χ4n) is 4.42. The second-order valence-electron chi connectivity index (χ2n) is 8.57. The van der Waals surface area contributed by atoms with Crippen molar-refractivity contribution in [1.29, 1.82) is 0 Å². The smallest absolute Gasteiger partial charge is 0.271 e. The van der Waals surface area contributed by atoms with E-state index in [0.717, 1.165) is 69.8 Å². The highest BCUT2D eigenvalue weighted by Crippen LogP contribution is 2.33. The summed E-state index contributed by atoms with van der Waals surface area (Å²) in [6.45, 7) is 2.31. The van der Waals surface area contributed by atoms with Crippen LogP contribution in [-0.4, -0.2) is 49.7 Å². The fourth-order valence-corrected chi connectivity index (χ4v) is 6.17. The maximum absolute atomic E-state index is 14.2. The molecule has 0 bridgehead atoms. The zero-order valence-electron chi connectivity index (χ0n) is 18.7. The van der Waals surface area contributed by atoms with Crippen molar-refractivity contribution in [3.63, 3.8) is 0 Å². The van der Waals surface area contributed by atoms with Crippen molar-refractivity contribution >= 4 is 33.0 Å². The van der Waals surface area contributed by atoms with E-state index >= 15 is 0 Å². The number of benzene rings is 2. The van der Waals surface area contributed by atoms with Gasteiger partial charge in [-0.1, -0.05) is 6.42 Å². The number of amides is 1. The van der Waals surface area contributed by atoms with E-state index in [-0.39, 0.29) is 21.8 Å². The van der Waals surface area contributed by atoms with Crippen molar-refractivity contribution in [2.24, 2.45) is 0 Å². The van der Waals surface area contributed by atoms with Crippen LogP contribution in [0.1, 0.15) is 48.9 Å². The number of nitro benzene ring substituents is 1. The van der Waals surface area contributed by atoms with Crippen molar-refractivity contribution in [3.05, 3.63) is 57.9 Å². The van der Waals surface area contributed by atoms with E-state index in [2.05, 4.69) is 5.32 Å². The molecule has 2 saturated heterocycles. The van der Waals surface area contributed by atoms with Gasteiger partial charge in [-0.25, -0.2) is 12.8 Å². The second-order valence-corrected chi connectivity index (χ2v) is 10.5. The van der Waals surface area contributed by atoms with Gasteiger partial charge in [-0.3, -0.25) is 14.9 Å². The molecule has 0 radical (unpaired) electrons. The number of piperidine rings is 2. The SMILES string of the molecule is O=C(Nc1cc([N+](=O)[O-])ccc1F)c1ccc(N2CCCCC2)c(S(=O)(=O)N2CCCCC2)c1. The van der Waals surface area contributed by atoms with Gasteiger partial charge in [-0.2, -0.15) is 4.31 Å². The quantitative estimate of drug-likeness (QED) is 0.481. The van der Waals surface area contributed by atoms with Gasteiger partial charge in [0.1, 0.15) is 10.7 Å². The first-order chi connectivity index (χ1) is 16.3. The normalized spacial score (nSPS) is 17.4. The summed E-state index contributed by atoms with van der Waals surface area (Å²) >= 11 is 0. The van der Waals surface area contributed by atoms with E-state index in [1.807, 2.05) is 4.90 Å². The topological polar surface area (TPSA) is 113 Å². The second kappa shape index (κ2) is 10.1. The fraction of sp³-hybridized carbons (Fsp3) is 0.435. The maximum Gasteiger partial charge on any atom is 0.271 e. The molecule has 9 nitrogen and oxygen atoms in total. The molecule has 182 valence electrons. The predicted octanol–water partition coefficient (Wildman–Crippen LogP) is 4.15. The third kappa shape index (κ3) is 5.05. The van der Waals surface area contributed by atoms with Crippen molar-refractivity contribution in [3.8, 4) is 0 Å². The van der Waals surface area contributed by atoms with E-state index in [0.29, 0.717) is 18.8 Å². The van der Waals surface area contributed by atoms with Crippen LogP contribution in [0.3, 0.4) is 0 Å². The molecule has 0 aliphatic carbocycles. The van der Waals surface area contributed by atoms with Gasteiger partial charge < -0.3 is 10.2 Å². The largest absolute Gasteiger partial charge is 0.370 e. The van der Waals surface area contributed by atoms with Gasteiger partial charge in [0.2, 0.25) is 10.0 Å². The molecule has 4 rings (SSSR count). The molecule has 0 spiro atoms. The lowest BCUT2D eigenvalue weighted by Crippen LogP contribution is -2.37. The van der Waals surface area contributed by atoms with Gasteiger partial charge in [-0.05, 0) is 56.4 Å². The number of nitrogens with zero attached hydrogens (tertiary/aromatic N) is 3. The summed E-state index contributed by atoms with van der Waals surface area (Å²) in [5, 5.41) is 13.3. The molecule has 11 heteroatoms. The number of halogens is 1. The van der Waals surface area contributed by atoms with E-state index in [4.69, 9.17) is 0 Å². The lowest BCUT2D eigenvalue weighted by Gasteiger charge is -2.33. The number of hydrogen-bond donors (Lipinski definition) is 1. The average Bonchev–Trinajstić information content (AvgIpc) is 2.86. The molecule has 2 fully saturated rings. The standard InChI is InChI=1S/C23H27FN4O5S/c24-19-9-8-18(28(30)31)16-20(19)25-23(29)17-7-10-21(26-11-3-1-4-12-26)22(15-17)34(32,33)27-13-5-2-6-14-27/h7-10,15-16H,1-6,11-14H2,(H,25,29). The monoisotopic (exact) mass is 490 g/mol. The number of non-ortho nitro benzene ring substituents is 1. The lowest BCUT2D eigenvalue weighted by atomic mass is 10.1. The van der Waals surface area contributed by atoms with Crippen molar-refractivity contribution in [1.82, 2.24) is 4.31 Å². The van der Waals surface area contributed by atoms with Crippen molar-refractivity contribution in [2.75, 3.05) is 36.4 Å². The molecule has 0 saturated carbocycles. The van der Waals surface area contributed by atoms with Crippen LogP contribution in [0.2, 0.25) is 0 Å². The van der Waals surface area contributed by atoms with Crippen molar-refractivity contribution < 1.29 is 22.5 Å². The molecule has 2 aliphatic heterocycles. The Labute approximate surface area is 197 Å². The van der Waals surface area contributed by atoms with Crippen LogP contribution < -0.4 is 10.2 Å². The molecule has 2 aromatic carbocycles. The Morgan fingerprint density at radius 3 is 2.24 bits per heavy atom. The summed E-state index contributed by atoms with van der Waals surface area (Å²) in [5.41, 5.74) is -0.129. The van der Waals surface area contributed by atoms with Crippen LogP contribution in [0.5, 0.6) is 0 Å². The molecule has 2 aromatic rings. The van der Waals surface area contributed by atoms with E-state index in [1.54, 1.807) is 6.07 Å². The predicted molar refractivity (Wildman–Crippen MR) is 126 cm³/mol. The summed E-state index contributed by atoms with van der Waals surface area (Å²) in [6.07, 6.45) is 5.53. The number of sulfonamides is 1. The van der Waals surface area contributed by atoms with Crippen LogP contribution in [0.25, 0.3) is 0 Å². The number of nitrogens with one attached hydrogen (secondary N) is 1. The summed E-state index contributed by atoms with van der Waals surface area (Å²) < 4.78 is 42.8. The Bertz CT molecular complexity index is 1190. The minimum atomic E-state index is -3.85. The lowest BCUT2D eigenvalue weighted by molar-refractivity contribution is -0.384. The highest BCUT2D eigenvalue weighted by Gasteiger charge is 2.31. The highest BCUT2D eigenvalue weighted by molar-refractivity contribution is 7.89. The van der Waals surface area contributed by atoms with Gasteiger partial charge in [0.15, 0.2) is 0 Å². The number of rotatable bonds is 6. The Balaban J connectivity index is 1.70. The zero-order valence-corrected chi connectivity index (χ0v) is 19.5.